The molecular formula is C20H14Cl2N2. The summed E-state index contributed by atoms with van der Waals surface area (Å²) in [5, 5.41) is 3.57. The lowest BCUT2D eigenvalue weighted by Gasteiger charge is -2.02. The van der Waals surface area contributed by atoms with E-state index >= 15 is 0 Å². The smallest absolute Gasteiger partial charge is 0.111 e. The van der Waals surface area contributed by atoms with Crippen molar-refractivity contribution < 1.29 is 0 Å². The number of benzene rings is 3. The number of H-pyrrole nitrogens is 1. The molecule has 118 valence electrons. The molecule has 0 amide bonds. The molecule has 0 fully saturated rings. The van der Waals surface area contributed by atoms with Crippen LogP contribution in [0, 0.1) is 0 Å². The third-order valence-corrected chi connectivity index (χ3v) is 4.77. The number of halogens is 2. The minimum Gasteiger partial charge on any atom is -0.348 e. The quantitative estimate of drug-likeness (QED) is 0.472. The molecule has 1 aromatic heterocycles. The van der Waals surface area contributed by atoms with E-state index in [1.54, 1.807) is 6.07 Å². The molecule has 4 rings (SSSR count). The summed E-state index contributed by atoms with van der Waals surface area (Å²) in [6.07, 6.45) is 2.65. The van der Waals surface area contributed by atoms with Crippen molar-refractivity contribution in [3.8, 4) is 11.3 Å². The Hall–Kier alpha value is -2.29. The van der Waals surface area contributed by atoms with Crippen LogP contribution in [0.4, 0.5) is 0 Å². The van der Waals surface area contributed by atoms with Gasteiger partial charge < -0.3 is 4.98 Å². The molecule has 0 unspecified atom stereocenters. The fourth-order valence-corrected chi connectivity index (χ4v) is 3.10. The Morgan fingerprint density at radius 1 is 0.833 bits per heavy atom. The SMILES string of the molecule is Clc1ccc(-c2c[nH]c(Cc3ccc4ccccc4c3)n2)cc1Cl. The summed E-state index contributed by atoms with van der Waals surface area (Å²) in [4.78, 5) is 7.92. The molecule has 0 atom stereocenters. The summed E-state index contributed by atoms with van der Waals surface area (Å²) in [5.41, 5.74) is 3.04. The van der Waals surface area contributed by atoms with Gasteiger partial charge in [-0.2, -0.15) is 0 Å². The molecule has 0 spiro atoms. The lowest BCUT2D eigenvalue weighted by atomic mass is 10.1. The van der Waals surface area contributed by atoms with E-state index < -0.39 is 0 Å². The monoisotopic (exact) mass is 352 g/mol. The van der Waals surface area contributed by atoms with Gasteiger partial charge in [0.05, 0.1) is 15.7 Å². The van der Waals surface area contributed by atoms with Crippen molar-refractivity contribution in [3.05, 3.63) is 88.3 Å². The number of hydrogen-bond acceptors (Lipinski definition) is 1. The Kier molecular flexibility index (Phi) is 4.01. The normalized spacial score (nSPS) is 11.1. The summed E-state index contributed by atoms with van der Waals surface area (Å²) in [6, 6.07) is 20.4. The van der Waals surface area contributed by atoms with Crippen LogP contribution in [-0.2, 0) is 6.42 Å². The van der Waals surface area contributed by atoms with Gasteiger partial charge in [-0.1, -0.05) is 71.7 Å². The molecule has 24 heavy (non-hydrogen) atoms. The fraction of sp³-hybridized carbons (Fsp3) is 0.0500. The molecule has 0 saturated heterocycles. The van der Waals surface area contributed by atoms with Gasteiger partial charge in [0.2, 0.25) is 0 Å². The molecule has 1 N–H and O–H groups in total. The van der Waals surface area contributed by atoms with Gasteiger partial charge in [0.25, 0.3) is 0 Å². The van der Waals surface area contributed by atoms with E-state index in [9.17, 15) is 0 Å². The molecule has 3 aromatic carbocycles. The van der Waals surface area contributed by atoms with Gasteiger partial charge in [-0.05, 0) is 28.5 Å². The van der Waals surface area contributed by atoms with Gasteiger partial charge >= 0.3 is 0 Å². The number of aromatic amines is 1. The molecule has 0 radical (unpaired) electrons. The van der Waals surface area contributed by atoms with Crippen LogP contribution in [0.5, 0.6) is 0 Å². The average molecular weight is 353 g/mol. The van der Waals surface area contributed by atoms with Crippen LogP contribution in [0.3, 0.4) is 0 Å². The van der Waals surface area contributed by atoms with E-state index in [2.05, 4.69) is 52.4 Å². The molecule has 4 aromatic rings. The fourth-order valence-electron chi connectivity index (χ4n) is 2.80. The van der Waals surface area contributed by atoms with E-state index in [-0.39, 0.29) is 0 Å². The third kappa shape index (κ3) is 3.03. The highest BCUT2D eigenvalue weighted by Crippen LogP contribution is 2.28. The van der Waals surface area contributed by atoms with E-state index in [0.717, 1.165) is 23.5 Å². The number of imidazole rings is 1. The van der Waals surface area contributed by atoms with Gasteiger partial charge in [-0.15, -0.1) is 0 Å². The van der Waals surface area contributed by atoms with E-state index in [4.69, 9.17) is 23.2 Å². The second-order valence-corrected chi connectivity index (χ2v) is 6.53. The minimum absolute atomic E-state index is 0.535. The van der Waals surface area contributed by atoms with Crippen LogP contribution in [-0.4, -0.2) is 9.97 Å². The van der Waals surface area contributed by atoms with Gasteiger partial charge in [0.15, 0.2) is 0 Å². The first-order chi connectivity index (χ1) is 11.7. The molecule has 0 bridgehead atoms. The number of hydrogen-bond donors (Lipinski definition) is 1. The van der Waals surface area contributed by atoms with Crippen molar-refractivity contribution >= 4 is 34.0 Å². The molecule has 0 aliphatic rings. The topological polar surface area (TPSA) is 28.7 Å². The predicted octanol–water partition coefficient (Wildman–Crippen LogP) is 6.13. The molecule has 0 saturated carbocycles. The van der Waals surface area contributed by atoms with E-state index in [1.807, 2.05) is 18.3 Å². The summed E-state index contributed by atoms with van der Waals surface area (Å²) in [5.74, 6) is 0.923. The highest BCUT2D eigenvalue weighted by molar-refractivity contribution is 6.42. The second kappa shape index (κ2) is 6.31. The summed E-state index contributed by atoms with van der Waals surface area (Å²) in [7, 11) is 0. The molecule has 2 nitrogen and oxygen atoms in total. The third-order valence-electron chi connectivity index (χ3n) is 4.03. The highest BCUT2D eigenvalue weighted by atomic mass is 35.5. The number of nitrogens with one attached hydrogen (secondary N) is 1. The highest BCUT2D eigenvalue weighted by Gasteiger charge is 2.07. The van der Waals surface area contributed by atoms with Crippen LogP contribution >= 0.6 is 23.2 Å². The zero-order chi connectivity index (χ0) is 16.5. The zero-order valence-corrected chi connectivity index (χ0v) is 14.3. The standard InChI is InChI=1S/C20H14Cl2N2/c21-17-8-7-16(11-18(17)22)19-12-23-20(24-19)10-13-5-6-14-3-1-2-4-15(14)9-13/h1-9,11-12H,10H2,(H,23,24). The number of rotatable bonds is 3. The van der Waals surface area contributed by atoms with Crippen LogP contribution in [0.25, 0.3) is 22.0 Å². The average Bonchev–Trinajstić information content (AvgIpc) is 3.06. The Bertz CT molecular complexity index is 1020. The Morgan fingerprint density at radius 3 is 2.50 bits per heavy atom. The maximum absolute atomic E-state index is 6.09. The number of aromatic nitrogens is 2. The molecule has 4 heteroatoms. The van der Waals surface area contributed by atoms with Crippen molar-refractivity contribution in [3.63, 3.8) is 0 Å². The molecule has 0 aliphatic carbocycles. The first kappa shape index (κ1) is 15.3. The zero-order valence-electron chi connectivity index (χ0n) is 12.8. The van der Waals surface area contributed by atoms with E-state index in [1.165, 1.54) is 16.3 Å². The largest absolute Gasteiger partial charge is 0.348 e. The van der Waals surface area contributed by atoms with Gasteiger partial charge in [-0.3, -0.25) is 0 Å². The molecule has 0 aliphatic heterocycles. The predicted molar refractivity (Wildman–Crippen MR) is 101 cm³/mol. The van der Waals surface area contributed by atoms with Crippen LogP contribution in [0.15, 0.2) is 66.9 Å². The number of nitrogens with zero attached hydrogens (tertiary/aromatic N) is 1. The Morgan fingerprint density at radius 2 is 1.67 bits per heavy atom. The molecule has 1 heterocycles. The summed E-state index contributed by atoms with van der Waals surface area (Å²) < 4.78 is 0. The maximum Gasteiger partial charge on any atom is 0.111 e. The minimum atomic E-state index is 0.535. The maximum atomic E-state index is 6.09. The Balaban J connectivity index is 1.61. The van der Waals surface area contributed by atoms with E-state index in [0.29, 0.717) is 10.0 Å². The van der Waals surface area contributed by atoms with Crippen molar-refractivity contribution in [1.29, 1.82) is 0 Å². The second-order valence-electron chi connectivity index (χ2n) is 5.72. The van der Waals surface area contributed by atoms with Crippen molar-refractivity contribution in [2.75, 3.05) is 0 Å². The van der Waals surface area contributed by atoms with Gasteiger partial charge in [-0.25, -0.2) is 4.98 Å². The summed E-state index contributed by atoms with van der Waals surface area (Å²) >= 11 is 12.1. The first-order valence-corrected chi connectivity index (χ1v) is 8.42. The Labute approximate surface area is 150 Å². The summed E-state index contributed by atoms with van der Waals surface area (Å²) in [6.45, 7) is 0. The van der Waals surface area contributed by atoms with Crippen LogP contribution in [0.2, 0.25) is 10.0 Å². The van der Waals surface area contributed by atoms with Crippen molar-refractivity contribution in [2.45, 2.75) is 6.42 Å². The van der Waals surface area contributed by atoms with Crippen molar-refractivity contribution in [1.82, 2.24) is 9.97 Å². The lowest BCUT2D eigenvalue weighted by Crippen LogP contribution is -1.91. The molecular weight excluding hydrogens is 339 g/mol. The van der Waals surface area contributed by atoms with Gasteiger partial charge in [0, 0.05) is 18.2 Å². The first-order valence-electron chi connectivity index (χ1n) is 7.66. The van der Waals surface area contributed by atoms with Crippen molar-refractivity contribution in [2.24, 2.45) is 0 Å². The van der Waals surface area contributed by atoms with Crippen LogP contribution < -0.4 is 0 Å². The van der Waals surface area contributed by atoms with Gasteiger partial charge in [0.1, 0.15) is 5.82 Å². The number of fused-ring (bicyclic) bond motifs is 1. The lowest BCUT2D eigenvalue weighted by molar-refractivity contribution is 1.03. The van der Waals surface area contributed by atoms with Crippen LogP contribution in [0.1, 0.15) is 11.4 Å².